The molecule has 1 unspecified atom stereocenters. The first kappa shape index (κ1) is 36.4. The van der Waals surface area contributed by atoms with Gasteiger partial charge in [-0.15, -0.1) is 0 Å². The molecule has 2 aliphatic heterocycles. The number of aliphatic hydroxyl groups excluding tert-OH is 1. The number of ether oxygens (including phenoxy) is 4. The van der Waals surface area contributed by atoms with E-state index in [1.165, 1.54) is 23.5 Å². The minimum atomic E-state index is -3.99. The van der Waals surface area contributed by atoms with Crippen molar-refractivity contribution in [2.45, 2.75) is 75.1 Å². The van der Waals surface area contributed by atoms with Crippen LogP contribution < -0.4 is 10.1 Å². The van der Waals surface area contributed by atoms with E-state index in [0.29, 0.717) is 24.9 Å². The van der Waals surface area contributed by atoms with Gasteiger partial charge < -0.3 is 33.9 Å². The predicted octanol–water partition coefficient (Wildman–Crippen LogP) is 4.88. The third-order valence-corrected chi connectivity index (χ3v) is 11.4. The van der Waals surface area contributed by atoms with Crippen LogP contribution in [0.2, 0.25) is 0 Å². The second-order valence-electron chi connectivity index (χ2n) is 13.3. The zero-order chi connectivity index (χ0) is 33.6. The van der Waals surface area contributed by atoms with Crippen LogP contribution in [0.1, 0.15) is 50.7 Å². The molecular formula is C33H49N2O9PS. The third kappa shape index (κ3) is 9.78. The summed E-state index contributed by atoms with van der Waals surface area (Å²) in [5.74, 6) is 0.327. The lowest BCUT2D eigenvalue weighted by molar-refractivity contribution is -0.0907. The fraction of sp³-hybridized carbons (Fsp3) is 0.606. The minimum Gasteiger partial charge on any atom is -0.497 e. The Morgan fingerprint density at radius 3 is 2.35 bits per heavy atom. The number of nitrogens with one attached hydrogen (secondary N) is 1. The van der Waals surface area contributed by atoms with E-state index in [2.05, 4.69) is 5.32 Å². The molecular weight excluding hydrogens is 631 g/mol. The van der Waals surface area contributed by atoms with Gasteiger partial charge in [-0.05, 0) is 73.4 Å². The van der Waals surface area contributed by atoms with E-state index in [-0.39, 0.29) is 48.6 Å². The van der Waals surface area contributed by atoms with E-state index in [4.69, 9.17) is 18.9 Å². The molecule has 0 bridgehead atoms. The molecule has 46 heavy (non-hydrogen) atoms. The van der Waals surface area contributed by atoms with Crippen LogP contribution in [-0.2, 0) is 35.0 Å². The van der Waals surface area contributed by atoms with Crippen molar-refractivity contribution in [3.63, 3.8) is 0 Å². The molecule has 2 N–H and O–H groups in total. The molecule has 0 spiro atoms. The summed E-state index contributed by atoms with van der Waals surface area (Å²) in [6.45, 7) is 10.0. The van der Waals surface area contributed by atoms with Gasteiger partial charge >= 0.3 is 6.09 Å². The Morgan fingerprint density at radius 1 is 1.07 bits per heavy atom. The van der Waals surface area contributed by atoms with E-state index < -0.39 is 41.5 Å². The molecule has 2 aromatic carbocycles. The Balaban J connectivity index is 1.54. The Morgan fingerprint density at radius 2 is 1.74 bits per heavy atom. The lowest BCUT2D eigenvalue weighted by Crippen LogP contribution is -2.51. The maximum absolute atomic E-state index is 13.8. The van der Waals surface area contributed by atoms with Crippen LogP contribution in [0.4, 0.5) is 4.79 Å². The lowest BCUT2D eigenvalue weighted by Gasteiger charge is -2.32. The Bertz CT molecular complexity index is 1450. The van der Waals surface area contributed by atoms with Gasteiger partial charge in [-0.2, -0.15) is 4.31 Å². The number of nitrogens with zero attached hydrogens (tertiary/aromatic N) is 1. The summed E-state index contributed by atoms with van der Waals surface area (Å²) >= 11 is 0. The van der Waals surface area contributed by atoms with Gasteiger partial charge in [0, 0.05) is 19.3 Å². The van der Waals surface area contributed by atoms with Gasteiger partial charge in [-0.25, -0.2) is 13.2 Å². The molecule has 2 aliphatic rings. The van der Waals surface area contributed by atoms with Gasteiger partial charge in [-0.1, -0.05) is 45.0 Å². The number of benzene rings is 2. The quantitative estimate of drug-likeness (QED) is 0.252. The molecule has 0 radical (unpaired) electrons. The monoisotopic (exact) mass is 680 g/mol. The summed E-state index contributed by atoms with van der Waals surface area (Å²) in [6.07, 6.45) is -1.29. The molecule has 6 atom stereocenters. The van der Waals surface area contributed by atoms with Gasteiger partial charge in [0.05, 0.1) is 50.4 Å². The number of methoxy groups -OCH3 is 1. The summed E-state index contributed by atoms with van der Waals surface area (Å²) < 4.78 is 63.2. The van der Waals surface area contributed by atoms with E-state index in [9.17, 15) is 22.9 Å². The first-order valence-electron chi connectivity index (χ1n) is 15.8. The van der Waals surface area contributed by atoms with Gasteiger partial charge in [0.2, 0.25) is 10.0 Å². The Hall–Kier alpha value is -2.47. The zero-order valence-electron chi connectivity index (χ0n) is 27.6. The first-order valence-corrected chi connectivity index (χ1v) is 20.0. The number of carbonyl (C=O) groups excluding carboxylic acids is 1. The number of hydrogen-bond donors (Lipinski definition) is 2. The molecule has 256 valence electrons. The number of hydrogen-bond acceptors (Lipinski definition) is 9. The highest BCUT2D eigenvalue weighted by Crippen LogP contribution is 2.40. The summed E-state index contributed by atoms with van der Waals surface area (Å²) in [6, 6.07) is 13.1. The highest BCUT2D eigenvalue weighted by Gasteiger charge is 2.44. The number of sulfonamides is 1. The molecule has 11 nitrogen and oxygen atoms in total. The highest BCUT2D eigenvalue weighted by atomic mass is 32.2. The van der Waals surface area contributed by atoms with Crippen LogP contribution in [-0.4, -0.2) is 95.2 Å². The van der Waals surface area contributed by atoms with Crippen molar-refractivity contribution in [2.24, 2.45) is 11.8 Å². The van der Waals surface area contributed by atoms with E-state index in [1.807, 2.05) is 45.0 Å². The first-order chi connectivity index (χ1) is 21.7. The highest BCUT2D eigenvalue weighted by molar-refractivity contribution is 7.89. The zero-order valence-corrected chi connectivity index (χ0v) is 29.3. The second kappa shape index (κ2) is 15.6. The minimum absolute atomic E-state index is 0.0282. The van der Waals surface area contributed by atoms with E-state index in [1.54, 1.807) is 25.5 Å². The Kier molecular flexibility index (Phi) is 12.3. The second-order valence-corrected chi connectivity index (χ2v) is 18.7. The summed E-state index contributed by atoms with van der Waals surface area (Å²) in [7, 11) is -4.71. The smallest absolute Gasteiger partial charge is 0.407 e. The largest absolute Gasteiger partial charge is 0.497 e. The number of amides is 1. The maximum Gasteiger partial charge on any atom is 0.407 e. The fourth-order valence-electron chi connectivity index (χ4n) is 6.00. The van der Waals surface area contributed by atoms with Gasteiger partial charge in [-0.3, -0.25) is 0 Å². The van der Waals surface area contributed by atoms with Crippen molar-refractivity contribution in [1.29, 1.82) is 0 Å². The molecule has 4 rings (SSSR count). The van der Waals surface area contributed by atoms with Crippen LogP contribution in [0.15, 0.2) is 53.4 Å². The number of carbonyl (C=O) groups is 1. The fourth-order valence-corrected chi connectivity index (χ4v) is 8.71. The molecule has 13 heteroatoms. The number of alkyl carbamates (subject to hydrolysis) is 1. The van der Waals surface area contributed by atoms with Crippen molar-refractivity contribution in [3.05, 3.63) is 59.7 Å². The van der Waals surface area contributed by atoms with Crippen molar-refractivity contribution in [1.82, 2.24) is 9.62 Å². The molecule has 1 amide bonds. The van der Waals surface area contributed by atoms with Crippen LogP contribution >= 0.6 is 7.14 Å². The SMILES string of the molecule is COc1ccc(S(=O)(=O)N(CC(C)C)C[C@@H](O)[C@H](CC(C)c2ccc(CP(C)(C)=O)cc2)NC(=O)O[C@H]2CO[C@H]3OCC[C@H]32)cc1. The van der Waals surface area contributed by atoms with Crippen molar-refractivity contribution < 1.29 is 41.8 Å². The van der Waals surface area contributed by atoms with E-state index >= 15 is 0 Å². The maximum atomic E-state index is 13.8. The van der Waals surface area contributed by atoms with Crippen molar-refractivity contribution in [2.75, 3.05) is 46.7 Å². The van der Waals surface area contributed by atoms with Crippen molar-refractivity contribution in [3.8, 4) is 5.75 Å². The average molecular weight is 681 g/mol. The summed E-state index contributed by atoms with van der Waals surface area (Å²) in [4.78, 5) is 13.3. The average Bonchev–Trinajstić information content (AvgIpc) is 3.61. The number of rotatable bonds is 15. The van der Waals surface area contributed by atoms with Crippen LogP contribution in [0.3, 0.4) is 0 Å². The van der Waals surface area contributed by atoms with Gasteiger partial charge in [0.1, 0.15) is 11.9 Å². The molecule has 0 saturated carbocycles. The number of aliphatic hydroxyl groups is 1. The van der Waals surface area contributed by atoms with Gasteiger partial charge in [0.15, 0.2) is 6.29 Å². The van der Waals surface area contributed by atoms with Crippen molar-refractivity contribution >= 4 is 23.3 Å². The Labute approximate surface area is 273 Å². The molecule has 0 aliphatic carbocycles. The van der Waals surface area contributed by atoms with E-state index in [0.717, 1.165) is 17.5 Å². The third-order valence-electron chi connectivity index (χ3n) is 8.39. The topological polar surface area (TPSA) is 141 Å². The standard InChI is InChI=1S/C33H49N2O9PS/c1-22(2)18-35(46(39,40)27-13-11-26(41-4)12-14-27)19-30(36)29(34-33(37)44-31-20-43-32-28(31)15-16-42-32)17-23(3)25-9-7-24(8-10-25)21-45(5,6)38/h7-14,22-23,28-32,36H,15-21H2,1-6H3,(H,34,37)/t23?,28-,29-,30+,31-,32+/m0/s1. The summed E-state index contributed by atoms with van der Waals surface area (Å²) in [5.41, 5.74) is 1.95. The molecule has 2 saturated heterocycles. The normalized spacial score (nSPS) is 22.0. The van der Waals surface area contributed by atoms with Gasteiger partial charge in [0.25, 0.3) is 0 Å². The van der Waals surface area contributed by atoms with Crippen LogP contribution in [0.25, 0.3) is 0 Å². The molecule has 2 heterocycles. The lowest BCUT2D eigenvalue weighted by atomic mass is 9.91. The summed E-state index contributed by atoms with van der Waals surface area (Å²) in [5, 5.41) is 14.5. The number of fused-ring (bicyclic) bond motifs is 1. The molecule has 2 fully saturated rings. The van der Waals surface area contributed by atoms with Crippen LogP contribution in [0, 0.1) is 11.8 Å². The molecule has 0 aromatic heterocycles. The molecule has 2 aromatic rings. The predicted molar refractivity (Wildman–Crippen MR) is 176 cm³/mol. The van der Waals surface area contributed by atoms with Crippen LogP contribution in [0.5, 0.6) is 5.75 Å².